The number of para-hydroxylation sites is 1. The van der Waals surface area contributed by atoms with Gasteiger partial charge >= 0.3 is 0 Å². The maximum Gasteiger partial charge on any atom is 0.163 e. The van der Waals surface area contributed by atoms with Gasteiger partial charge in [-0.25, -0.2) is 0 Å². The first-order valence-corrected chi connectivity index (χ1v) is 8.23. The van der Waals surface area contributed by atoms with Crippen molar-refractivity contribution in [1.29, 1.82) is 0 Å². The third-order valence-electron chi connectivity index (χ3n) is 4.54. The highest BCUT2D eigenvalue weighted by Crippen LogP contribution is 2.35. The van der Waals surface area contributed by atoms with Crippen LogP contribution in [0.2, 0.25) is 0 Å². The van der Waals surface area contributed by atoms with Crippen LogP contribution >= 0.6 is 0 Å². The van der Waals surface area contributed by atoms with E-state index in [1.54, 1.807) is 0 Å². The van der Waals surface area contributed by atoms with Crippen molar-refractivity contribution in [3.63, 3.8) is 0 Å². The predicted molar refractivity (Wildman–Crippen MR) is 91.8 cm³/mol. The Morgan fingerprint density at radius 1 is 1.00 bits per heavy atom. The molecule has 2 heterocycles. The molecule has 1 atom stereocenters. The van der Waals surface area contributed by atoms with Crippen molar-refractivity contribution < 1.29 is 4.84 Å². The lowest BCUT2D eigenvalue weighted by Crippen LogP contribution is -2.48. The summed E-state index contributed by atoms with van der Waals surface area (Å²) in [4.78, 5) is 8.19. The molecule has 2 aliphatic heterocycles. The Labute approximate surface area is 136 Å². The summed E-state index contributed by atoms with van der Waals surface area (Å²) in [6.07, 6.45) is 0.823. The minimum atomic E-state index is 0.210. The predicted octanol–water partition coefficient (Wildman–Crippen LogP) is 2.62. The molecule has 1 saturated heterocycles. The van der Waals surface area contributed by atoms with Gasteiger partial charge in [-0.1, -0.05) is 53.7 Å². The summed E-state index contributed by atoms with van der Waals surface area (Å²) in [5, 5.41) is 7.91. The molecule has 1 fully saturated rings. The zero-order valence-corrected chi connectivity index (χ0v) is 13.1. The monoisotopic (exact) mass is 307 g/mol. The Morgan fingerprint density at radius 2 is 1.74 bits per heavy atom. The van der Waals surface area contributed by atoms with E-state index >= 15 is 0 Å². The van der Waals surface area contributed by atoms with Gasteiger partial charge in [0.2, 0.25) is 0 Å². The van der Waals surface area contributed by atoms with Crippen LogP contribution in [0.5, 0.6) is 5.75 Å². The fourth-order valence-corrected chi connectivity index (χ4v) is 3.41. The number of benzene rings is 2. The highest BCUT2D eigenvalue weighted by Gasteiger charge is 2.32. The van der Waals surface area contributed by atoms with Crippen LogP contribution < -0.4 is 10.2 Å². The van der Waals surface area contributed by atoms with Gasteiger partial charge in [0.1, 0.15) is 0 Å². The standard InChI is InChI=1S/C19H21N3O/c1-2-6-15(7-3-1)14-17-19(22-12-10-20-11-13-22)16-8-4-5-9-18(16)23-21-17/h1-9,19-20H,10-14H2. The van der Waals surface area contributed by atoms with Gasteiger partial charge in [0.05, 0.1) is 11.8 Å². The van der Waals surface area contributed by atoms with Crippen LogP contribution in [0.1, 0.15) is 17.2 Å². The van der Waals surface area contributed by atoms with E-state index in [4.69, 9.17) is 4.84 Å². The van der Waals surface area contributed by atoms with Crippen molar-refractivity contribution >= 4 is 5.71 Å². The third kappa shape index (κ3) is 3.00. The summed E-state index contributed by atoms with van der Waals surface area (Å²) in [6.45, 7) is 4.12. The molecule has 118 valence electrons. The molecule has 0 amide bonds. The second kappa shape index (κ2) is 6.52. The SMILES string of the molecule is c1ccc(CC2=NOc3ccccc3C2N2CCNCC2)cc1. The molecule has 0 aliphatic carbocycles. The summed E-state index contributed by atoms with van der Waals surface area (Å²) in [5.41, 5.74) is 3.60. The molecule has 4 nitrogen and oxygen atoms in total. The van der Waals surface area contributed by atoms with Gasteiger partial charge in [0.25, 0.3) is 0 Å². The van der Waals surface area contributed by atoms with E-state index in [0.29, 0.717) is 0 Å². The number of rotatable bonds is 3. The topological polar surface area (TPSA) is 36.9 Å². The van der Waals surface area contributed by atoms with Crippen molar-refractivity contribution in [2.24, 2.45) is 5.16 Å². The molecule has 0 spiro atoms. The van der Waals surface area contributed by atoms with Gasteiger partial charge in [-0.2, -0.15) is 0 Å². The fourth-order valence-electron chi connectivity index (χ4n) is 3.41. The lowest BCUT2D eigenvalue weighted by molar-refractivity contribution is 0.196. The minimum Gasteiger partial charge on any atom is -0.357 e. The second-order valence-corrected chi connectivity index (χ2v) is 6.06. The van der Waals surface area contributed by atoms with Gasteiger partial charge in [0.15, 0.2) is 5.75 Å². The maximum absolute atomic E-state index is 5.68. The molecule has 1 N–H and O–H groups in total. The summed E-state index contributed by atoms with van der Waals surface area (Å²) in [7, 11) is 0. The number of piperazine rings is 1. The Morgan fingerprint density at radius 3 is 2.57 bits per heavy atom. The molecule has 4 heteroatoms. The molecule has 0 aromatic heterocycles. The first-order valence-electron chi connectivity index (χ1n) is 8.23. The van der Waals surface area contributed by atoms with Gasteiger partial charge in [-0.3, -0.25) is 4.90 Å². The summed E-state index contributed by atoms with van der Waals surface area (Å²) in [5.74, 6) is 0.882. The van der Waals surface area contributed by atoms with E-state index in [2.05, 4.69) is 51.8 Å². The first-order chi connectivity index (χ1) is 11.4. The van der Waals surface area contributed by atoms with Gasteiger partial charge < -0.3 is 10.2 Å². The van der Waals surface area contributed by atoms with Crippen molar-refractivity contribution in [3.8, 4) is 5.75 Å². The lowest BCUT2D eigenvalue weighted by atomic mass is 9.93. The van der Waals surface area contributed by atoms with Gasteiger partial charge in [-0.15, -0.1) is 0 Å². The Kier molecular flexibility index (Phi) is 4.09. The first kappa shape index (κ1) is 14.4. The average molecular weight is 307 g/mol. The molecule has 2 aliphatic rings. The highest BCUT2D eigenvalue weighted by molar-refractivity contribution is 5.93. The van der Waals surface area contributed by atoms with Crippen LogP contribution in [-0.4, -0.2) is 36.8 Å². The average Bonchev–Trinajstić information content (AvgIpc) is 2.63. The van der Waals surface area contributed by atoms with Gasteiger partial charge in [-0.05, 0) is 11.6 Å². The molecule has 4 rings (SSSR count). The van der Waals surface area contributed by atoms with Crippen LogP contribution in [0.4, 0.5) is 0 Å². The van der Waals surface area contributed by atoms with E-state index in [9.17, 15) is 0 Å². The number of nitrogens with one attached hydrogen (secondary N) is 1. The van der Waals surface area contributed by atoms with E-state index in [1.807, 2.05) is 18.2 Å². The van der Waals surface area contributed by atoms with Crippen LogP contribution in [0.3, 0.4) is 0 Å². The number of hydrogen-bond acceptors (Lipinski definition) is 4. The fraction of sp³-hybridized carbons (Fsp3) is 0.316. The van der Waals surface area contributed by atoms with E-state index in [1.165, 1.54) is 11.1 Å². The van der Waals surface area contributed by atoms with Gasteiger partial charge in [0, 0.05) is 38.2 Å². The van der Waals surface area contributed by atoms with Crippen LogP contribution in [0.15, 0.2) is 59.8 Å². The molecule has 23 heavy (non-hydrogen) atoms. The molecule has 0 saturated carbocycles. The van der Waals surface area contributed by atoms with E-state index < -0.39 is 0 Å². The zero-order valence-electron chi connectivity index (χ0n) is 13.1. The maximum atomic E-state index is 5.68. The van der Waals surface area contributed by atoms with Crippen LogP contribution in [0, 0.1) is 0 Å². The number of nitrogens with zero attached hydrogens (tertiary/aromatic N) is 2. The number of oxime groups is 1. The zero-order chi connectivity index (χ0) is 15.5. The third-order valence-corrected chi connectivity index (χ3v) is 4.54. The van der Waals surface area contributed by atoms with Crippen molar-refractivity contribution in [2.45, 2.75) is 12.5 Å². The summed E-state index contributed by atoms with van der Waals surface area (Å²) >= 11 is 0. The molecular weight excluding hydrogens is 286 g/mol. The van der Waals surface area contributed by atoms with Crippen molar-refractivity contribution in [3.05, 3.63) is 65.7 Å². The second-order valence-electron chi connectivity index (χ2n) is 6.06. The summed E-state index contributed by atoms with van der Waals surface area (Å²) in [6, 6.07) is 19.0. The Hall–Kier alpha value is -2.17. The van der Waals surface area contributed by atoms with Crippen molar-refractivity contribution in [1.82, 2.24) is 10.2 Å². The molecular formula is C19H21N3O. The molecule has 0 bridgehead atoms. The molecule has 2 aromatic carbocycles. The lowest BCUT2D eigenvalue weighted by Gasteiger charge is -2.37. The van der Waals surface area contributed by atoms with Crippen LogP contribution in [-0.2, 0) is 6.42 Å². The highest BCUT2D eigenvalue weighted by atomic mass is 16.6. The van der Waals surface area contributed by atoms with Crippen LogP contribution in [0.25, 0.3) is 0 Å². The minimum absolute atomic E-state index is 0.210. The van der Waals surface area contributed by atoms with E-state index in [-0.39, 0.29) is 6.04 Å². The molecule has 1 unspecified atom stereocenters. The Balaban J connectivity index is 1.67. The Bertz CT molecular complexity index is 693. The largest absolute Gasteiger partial charge is 0.357 e. The molecule has 0 radical (unpaired) electrons. The summed E-state index contributed by atoms with van der Waals surface area (Å²) < 4.78 is 0. The number of hydrogen-bond donors (Lipinski definition) is 1. The molecule has 2 aromatic rings. The quantitative estimate of drug-likeness (QED) is 0.947. The smallest absolute Gasteiger partial charge is 0.163 e. The normalized spacial score (nSPS) is 21.2. The number of fused-ring (bicyclic) bond motifs is 1. The van der Waals surface area contributed by atoms with E-state index in [0.717, 1.165) is 44.1 Å². The van der Waals surface area contributed by atoms with Crippen molar-refractivity contribution in [2.75, 3.05) is 26.2 Å².